The van der Waals surface area contributed by atoms with E-state index in [9.17, 15) is 13.2 Å². The summed E-state index contributed by atoms with van der Waals surface area (Å²) < 4.78 is 25.6. The van der Waals surface area contributed by atoms with Gasteiger partial charge in [-0.15, -0.1) is 11.6 Å². The van der Waals surface area contributed by atoms with Crippen molar-refractivity contribution >= 4 is 32.5 Å². The Kier molecular flexibility index (Phi) is 3.49. The van der Waals surface area contributed by atoms with Crippen LogP contribution in [0, 0.1) is 0 Å². The van der Waals surface area contributed by atoms with Gasteiger partial charge in [0.05, 0.1) is 22.2 Å². The number of hydrogen-bond donors (Lipinski definition) is 0. The second-order valence-electron chi connectivity index (χ2n) is 4.71. The molecule has 0 aliphatic rings. The molecule has 0 saturated heterocycles. The Morgan fingerprint density at radius 3 is 2.37 bits per heavy atom. The largest absolute Gasteiger partial charge is 0.328 e. The van der Waals surface area contributed by atoms with Crippen LogP contribution < -0.4 is 5.69 Å². The van der Waals surface area contributed by atoms with Crippen LogP contribution in [0.1, 0.15) is 10.9 Å². The molecule has 0 fully saturated rings. The van der Waals surface area contributed by atoms with E-state index in [1.165, 1.54) is 4.57 Å². The molecule has 2 rings (SSSR count). The third kappa shape index (κ3) is 2.69. The average Bonchev–Trinajstić information content (AvgIpc) is 2.52. The number of fused-ring (bicyclic) bond motifs is 1. The molecule has 7 heteroatoms. The minimum Gasteiger partial charge on any atom is -0.295 e. The van der Waals surface area contributed by atoms with Crippen molar-refractivity contribution in [2.24, 2.45) is 14.1 Å². The van der Waals surface area contributed by atoms with E-state index < -0.39 is 15.2 Å². The molecule has 0 spiro atoms. The Morgan fingerprint density at radius 2 is 1.79 bits per heavy atom. The second-order valence-corrected chi connectivity index (χ2v) is 7.42. The Labute approximate surface area is 116 Å². The maximum atomic E-state index is 11.8. The zero-order valence-electron chi connectivity index (χ0n) is 10.9. The number of nitrogens with zero attached hydrogens (tertiary/aromatic N) is 2. The molecule has 0 radical (unpaired) electrons. The smallest absolute Gasteiger partial charge is 0.295 e. The summed E-state index contributed by atoms with van der Waals surface area (Å²) in [7, 11) is 0.225. The number of sulfone groups is 1. The van der Waals surface area contributed by atoms with Gasteiger partial charge >= 0.3 is 5.69 Å². The highest BCUT2D eigenvalue weighted by atomic mass is 35.5. The highest BCUT2D eigenvalue weighted by molar-refractivity contribution is 7.90. The van der Waals surface area contributed by atoms with Crippen LogP contribution in [0.15, 0.2) is 23.0 Å². The van der Waals surface area contributed by atoms with E-state index in [0.717, 1.165) is 17.3 Å². The van der Waals surface area contributed by atoms with E-state index in [-0.39, 0.29) is 11.4 Å². The molecule has 0 N–H and O–H groups in total. The summed E-state index contributed by atoms with van der Waals surface area (Å²) in [5.41, 5.74) is 2.10. The van der Waals surface area contributed by atoms with Crippen molar-refractivity contribution < 1.29 is 8.42 Å². The molecule has 1 unspecified atom stereocenters. The number of imidazole rings is 1. The number of halogens is 1. The lowest BCUT2D eigenvalue weighted by Gasteiger charge is -2.09. The summed E-state index contributed by atoms with van der Waals surface area (Å²) in [5.74, 6) is -0.124. The van der Waals surface area contributed by atoms with Gasteiger partial charge in [0.25, 0.3) is 0 Å². The van der Waals surface area contributed by atoms with Crippen molar-refractivity contribution in [1.29, 1.82) is 0 Å². The van der Waals surface area contributed by atoms with E-state index in [1.54, 1.807) is 36.9 Å². The molecule has 104 valence electrons. The zero-order chi connectivity index (χ0) is 14.4. The first-order valence-electron chi connectivity index (χ1n) is 5.68. The van der Waals surface area contributed by atoms with Crippen molar-refractivity contribution in [3.63, 3.8) is 0 Å². The van der Waals surface area contributed by atoms with Gasteiger partial charge in [0, 0.05) is 20.4 Å². The fraction of sp³-hybridized carbons (Fsp3) is 0.417. The molecule has 1 atom stereocenters. The third-order valence-corrected chi connectivity index (χ3v) is 4.63. The minimum atomic E-state index is -3.14. The van der Waals surface area contributed by atoms with Gasteiger partial charge in [-0.05, 0) is 17.7 Å². The van der Waals surface area contributed by atoms with Gasteiger partial charge in [0.15, 0.2) is 0 Å². The Morgan fingerprint density at radius 1 is 1.21 bits per heavy atom. The predicted octanol–water partition coefficient (Wildman–Crippen LogP) is 1.20. The normalized spacial score (nSPS) is 13.9. The number of benzene rings is 1. The van der Waals surface area contributed by atoms with E-state index in [1.807, 2.05) is 0 Å². The summed E-state index contributed by atoms with van der Waals surface area (Å²) >= 11 is 6.12. The summed E-state index contributed by atoms with van der Waals surface area (Å²) in [6.07, 6.45) is 1.15. The van der Waals surface area contributed by atoms with Gasteiger partial charge in [0.1, 0.15) is 9.84 Å². The quantitative estimate of drug-likeness (QED) is 0.801. The molecule has 1 aromatic carbocycles. The first kappa shape index (κ1) is 14.1. The van der Waals surface area contributed by atoms with Gasteiger partial charge in [-0.25, -0.2) is 13.2 Å². The summed E-state index contributed by atoms with van der Waals surface area (Å²) in [4.78, 5) is 11.8. The fourth-order valence-electron chi connectivity index (χ4n) is 2.08. The first-order valence-corrected chi connectivity index (χ1v) is 8.17. The Hall–Kier alpha value is -1.27. The molecule has 2 aromatic rings. The van der Waals surface area contributed by atoms with Gasteiger partial charge in [0.2, 0.25) is 0 Å². The van der Waals surface area contributed by atoms with E-state index >= 15 is 0 Å². The standard InChI is InChI=1S/C12H15ClN2O3S/c1-14-10-5-4-8(9(13)7-19(3,17)18)6-11(10)15(2)12(14)16/h4-6,9H,7H2,1-3H3. The molecule has 1 heterocycles. The van der Waals surface area contributed by atoms with Gasteiger partial charge in [-0.1, -0.05) is 6.07 Å². The molecule has 19 heavy (non-hydrogen) atoms. The summed E-state index contributed by atoms with van der Waals surface area (Å²) in [6, 6.07) is 5.30. The van der Waals surface area contributed by atoms with Crippen molar-refractivity contribution in [1.82, 2.24) is 9.13 Å². The zero-order valence-corrected chi connectivity index (χ0v) is 12.5. The fourth-order valence-corrected chi connectivity index (χ4v) is 3.63. The maximum Gasteiger partial charge on any atom is 0.328 e. The van der Waals surface area contributed by atoms with Gasteiger partial charge < -0.3 is 0 Å². The number of alkyl halides is 1. The lowest BCUT2D eigenvalue weighted by atomic mass is 10.1. The van der Waals surface area contributed by atoms with Gasteiger partial charge in [-0.2, -0.15) is 0 Å². The lowest BCUT2D eigenvalue weighted by molar-refractivity contribution is 0.600. The average molecular weight is 303 g/mol. The van der Waals surface area contributed by atoms with Crippen molar-refractivity contribution in [3.05, 3.63) is 34.2 Å². The van der Waals surface area contributed by atoms with Crippen LogP contribution in [0.25, 0.3) is 11.0 Å². The SMILES string of the molecule is Cn1c(=O)n(C)c2cc(C(Cl)CS(C)(=O)=O)ccc21. The van der Waals surface area contributed by atoms with Crippen molar-refractivity contribution in [2.45, 2.75) is 5.38 Å². The number of rotatable bonds is 3. The maximum absolute atomic E-state index is 11.8. The monoisotopic (exact) mass is 302 g/mol. The highest BCUT2D eigenvalue weighted by Crippen LogP contribution is 2.25. The van der Waals surface area contributed by atoms with Crippen LogP contribution in [0.2, 0.25) is 0 Å². The Balaban J connectivity index is 2.53. The highest BCUT2D eigenvalue weighted by Gasteiger charge is 2.16. The second kappa shape index (κ2) is 4.68. The van der Waals surface area contributed by atoms with E-state index in [2.05, 4.69) is 0 Å². The molecular weight excluding hydrogens is 288 g/mol. The van der Waals surface area contributed by atoms with Crippen molar-refractivity contribution in [2.75, 3.05) is 12.0 Å². The number of aromatic nitrogens is 2. The van der Waals surface area contributed by atoms with Crippen molar-refractivity contribution in [3.8, 4) is 0 Å². The van der Waals surface area contributed by atoms with Crippen LogP contribution in [-0.2, 0) is 23.9 Å². The molecule has 0 aliphatic heterocycles. The predicted molar refractivity (Wildman–Crippen MR) is 76.5 cm³/mol. The van der Waals surface area contributed by atoms with Gasteiger partial charge in [-0.3, -0.25) is 9.13 Å². The molecule has 5 nitrogen and oxygen atoms in total. The van der Waals surface area contributed by atoms with Crippen LogP contribution in [-0.4, -0.2) is 29.6 Å². The Bertz CT molecular complexity index is 789. The first-order chi connectivity index (χ1) is 8.70. The van der Waals surface area contributed by atoms with E-state index in [0.29, 0.717) is 5.56 Å². The van der Waals surface area contributed by atoms with Crippen LogP contribution in [0.5, 0.6) is 0 Å². The number of hydrogen-bond acceptors (Lipinski definition) is 3. The van der Waals surface area contributed by atoms with Crippen LogP contribution >= 0.6 is 11.6 Å². The summed E-state index contributed by atoms with van der Waals surface area (Å²) in [6.45, 7) is 0. The lowest BCUT2D eigenvalue weighted by Crippen LogP contribution is -2.19. The number of aryl methyl sites for hydroxylation is 2. The summed E-state index contributed by atoms with van der Waals surface area (Å²) in [5, 5.41) is -0.616. The topological polar surface area (TPSA) is 61.1 Å². The molecule has 0 amide bonds. The van der Waals surface area contributed by atoms with Crippen LogP contribution in [0.4, 0.5) is 0 Å². The molecule has 1 aromatic heterocycles. The molecule has 0 saturated carbocycles. The van der Waals surface area contributed by atoms with E-state index in [4.69, 9.17) is 11.6 Å². The molecule has 0 bridgehead atoms. The third-order valence-electron chi connectivity index (χ3n) is 3.11. The minimum absolute atomic E-state index is 0.124. The molecular formula is C12H15ClN2O3S. The van der Waals surface area contributed by atoms with Crippen LogP contribution in [0.3, 0.4) is 0 Å². The molecule has 0 aliphatic carbocycles.